The molecule has 0 unspecified atom stereocenters. The predicted molar refractivity (Wildman–Crippen MR) is 135 cm³/mol. The summed E-state index contributed by atoms with van der Waals surface area (Å²) in [5, 5.41) is 29.2. The van der Waals surface area contributed by atoms with E-state index in [1.54, 1.807) is 31.4 Å². The first-order valence-corrected chi connectivity index (χ1v) is 11.9. The van der Waals surface area contributed by atoms with E-state index in [4.69, 9.17) is 9.47 Å². The number of aryl methyl sites for hydroxylation is 1. The Labute approximate surface area is 212 Å². The Morgan fingerprint density at radius 1 is 1.06 bits per heavy atom. The number of ether oxygens (including phenoxy) is 2. The Morgan fingerprint density at radius 2 is 1.75 bits per heavy atom. The van der Waals surface area contributed by atoms with E-state index in [0.29, 0.717) is 22.3 Å². The summed E-state index contributed by atoms with van der Waals surface area (Å²) in [4.78, 5) is 11.1. The molecule has 0 fully saturated rings. The molecule has 0 aliphatic carbocycles. The number of nitrogens with zero attached hydrogens (tertiary/aromatic N) is 5. The van der Waals surface area contributed by atoms with E-state index in [-0.39, 0.29) is 18.1 Å². The van der Waals surface area contributed by atoms with Crippen molar-refractivity contribution < 1.29 is 14.4 Å². The number of aromatic nitrogens is 3. The monoisotopic (exact) mass is 501 g/mol. The molecule has 0 N–H and O–H groups in total. The molecule has 1 heterocycles. The highest BCUT2D eigenvalue weighted by Gasteiger charge is 2.24. The van der Waals surface area contributed by atoms with Gasteiger partial charge in [0.25, 0.3) is 0 Å². The zero-order valence-electron chi connectivity index (χ0n) is 19.7. The number of nitriles is 1. The largest absolute Gasteiger partial charge is 0.497 e. The van der Waals surface area contributed by atoms with Crippen LogP contribution in [0.1, 0.15) is 27.8 Å². The molecule has 36 heavy (non-hydrogen) atoms. The molecule has 4 aromatic rings. The number of hydrogen-bond acceptors (Lipinski definition) is 8. The van der Waals surface area contributed by atoms with E-state index in [1.807, 2.05) is 60.0 Å². The number of methoxy groups -OCH3 is 1. The molecule has 0 saturated heterocycles. The van der Waals surface area contributed by atoms with Gasteiger partial charge in [-0.25, -0.2) is 0 Å². The Bertz CT molecular complexity index is 1380. The molecule has 0 aliphatic heterocycles. The highest BCUT2D eigenvalue weighted by Crippen LogP contribution is 2.36. The van der Waals surface area contributed by atoms with Crippen LogP contribution in [0, 0.1) is 28.4 Å². The smallest absolute Gasteiger partial charge is 0.220 e. The summed E-state index contributed by atoms with van der Waals surface area (Å²) in [5.74, 6) is 2.00. The van der Waals surface area contributed by atoms with E-state index in [9.17, 15) is 15.4 Å². The van der Waals surface area contributed by atoms with Crippen LogP contribution >= 0.6 is 11.8 Å². The number of benzene rings is 3. The molecule has 10 heteroatoms. The molecule has 0 radical (unpaired) electrons. The van der Waals surface area contributed by atoms with Crippen molar-refractivity contribution in [2.45, 2.75) is 23.9 Å². The lowest BCUT2D eigenvalue weighted by Crippen LogP contribution is -2.11. The van der Waals surface area contributed by atoms with Crippen LogP contribution in [0.3, 0.4) is 0 Å². The summed E-state index contributed by atoms with van der Waals surface area (Å²) in [5.41, 5.74) is 2.96. The summed E-state index contributed by atoms with van der Waals surface area (Å²) in [6.45, 7) is 1.80. The zero-order chi connectivity index (χ0) is 25.5. The molecule has 0 amide bonds. The van der Waals surface area contributed by atoms with E-state index in [1.165, 1.54) is 11.8 Å². The first kappa shape index (κ1) is 24.8. The van der Waals surface area contributed by atoms with Gasteiger partial charge in [-0.1, -0.05) is 42.1 Å². The van der Waals surface area contributed by atoms with Crippen LogP contribution in [0.4, 0.5) is 0 Å². The summed E-state index contributed by atoms with van der Waals surface area (Å²) in [6.07, 6.45) is 0. The van der Waals surface area contributed by atoms with Gasteiger partial charge >= 0.3 is 0 Å². The van der Waals surface area contributed by atoms with Crippen molar-refractivity contribution in [3.8, 4) is 23.3 Å². The maximum atomic E-state index is 11.5. The molecule has 1 aromatic heterocycles. The van der Waals surface area contributed by atoms with E-state index < -0.39 is 5.25 Å². The van der Waals surface area contributed by atoms with E-state index >= 15 is 0 Å². The van der Waals surface area contributed by atoms with Gasteiger partial charge in [-0.3, -0.25) is 14.7 Å². The van der Waals surface area contributed by atoms with E-state index in [0.717, 1.165) is 22.6 Å². The van der Waals surface area contributed by atoms with Crippen molar-refractivity contribution >= 4 is 11.8 Å². The maximum absolute atomic E-state index is 11.5. The standard InChI is InChI=1S/C26H23N5O4S/c1-18-28-29-26(31(18)22-9-13-23(34-2)14-10-22)36-25(16-30(32)33)19-7-11-24(12-8-19)35-17-21-6-4-3-5-20(21)15-27/h3-14,25H,16-17H2,1-2H3/t25-/m1/s1. The Hall–Kier alpha value is -4.36. The number of rotatable bonds is 10. The van der Waals surface area contributed by atoms with Gasteiger partial charge in [0.1, 0.15) is 29.2 Å². The normalized spacial score (nSPS) is 11.5. The third-order valence-corrected chi connectivity index (χ3v) is 6.65. The summed E-state index contributed by atoms with van der Waals surface area (Å²) in [7, 11) is 1.60. The fourth-order valence-electron chi connectivity index (χ4n) is 3.62. The van der Waals surface area contributed by atoms with Crippen LogP contribution in [0.5, 0.6) is 11.5 Å². The minimum atomic E-state index is -0.492. The topological polar surface area (TPSA) is 116 Å². The second kappa shape index (κ2) is 11.4. The lowest BCUT2D eigenvalue weighted by atomic mass is 10.1. The van der Waals surface area contributed by atoms with Crippen LogP contribution in [0.25, 0.3) is 5.69 Å². The lowest BCUT2D eigenvalue weighted by Gasteiger charge is -2.15. The SMILES string of the molecule is COc1ccc(-n2c(C)nnc2S[C@H](C[N+](=O)[O-])c2ccc(OCc3ccccc3C#N)cc2)cc1. The first-order valence-electron chi connectivity index (χ1n) is 11.0. The van der Waals surface area contributed by atoms with Gasteiger partial charge in [-0.05, 0) is 55.0 Å². The number of hydrogen-bond donors (Lipinski definition) is 0. The average Bonchev–Trinajstić information content (AvgIpc) is 3.27. The second-order valence-corrected chi connectivity index (χ2v) is 8.98. The van der Waals surface area contributed by atoms with Crippen LogP contribution in [0.15, 0.2) is 78.0 Å². The molecule has 182 valence electrons. The van der Waals surface area contributed by atoms with Crippen molar-refractivity contribution in [1.29, 1.82) is 5.26 Å². The molecule has 0 saturated carbocycles. The molecule has 9 nitrogen and oxygen atoms in total. The summed E-state index contributed by atoms with van der Waals surface area (Å²) >= 11 is 1.28. The highest BCUT2D eigenvalue weighted by atomic mass is 32.2. The molecule has 4 rings (SSSR count). The van der Waals surface area contributed by atoms with Crippen molar-refractivity contribution in [1.82, 2.24) is 14.8 Å². The third kappa shape index (κ3) is 5.82. The fourth-order valence-corrected chi connectivity index (χ4v) is 4.79. The average molecular weight is 502 g/mol. The third-order valence-electron chi connectivity index (χ3n) is 5.47. The molecule has 0 bridgehead atoms. The molecular formula is C26H23N5O4S. The van der Waals surface area contributed by atoms with Crippen LogP contribution in [-0.4, -0.2) is 33.3 Å². The highest BCUT2D eigenvalue weighted by molar-refractivity contribution is 7.99. The van der Waals surface area contributed by atoms with E-state index in [2.05, 4.69) is 16.3 Å². The maximum Gasteiger partial charge on any atom is 0.220 e. The quantitative estimate of drug-likeness (QED) is 0.166. The molecule has 0 spiro atoms. The van der Waals surface area contributed by atoms with Gasteiger partial charge in [-0.15, -0.1) is 10.2 Å². The minimum Gasteiger partial charge on any atom is -0.497 e. The number of nitro groups is 1. The predicted octanol–water partition coefficient (Wildman–Crippen LogP) is 5.15. The van der Waals surface area contributed by atoms with Gasteiger partial charge in [0.2, 0.25) is 6.54 Å². The molecular weight excluding hydrogens is 478 g/mol. The van der Waals surface area contributed by atoms with Gasteiger partial charge in [0.05, 0.1) is 18.7 Å². The van der Waals surface area contributed by atoms with Crippen LogP contribution in [-0.2, 0) is 6.61 Å². The summed E-state index contributed by atoms with van der Waals surface area (Å²) < 4.78 is 12.9. The van der Waals surface area contributed by atoms with Gasteiger partial charge in [0, 0.05) is 16.2 Å². The molecule has 3 aromatic carbocycles. The fraction of sp³-hybridized carbons (Fsp3) is 0.192. The minimum absolute atomic E-state index is 0.250. The van der Waals surface area contributed by atoms with Crippen molar-refractivity contribution in [3.63, 3.8) is 0 Å². The van der Waals surface area contributed by atoms with Crippen molar-refractivity contribution in [2.24, 2.45) is 0 Å². The van der Waals surface area contributed by atoms with Crippen molar-refractivity contribution in [2.75, 3.05) is 13.7 Å². The Kier molecular flexibility index (Phi) is 7.82. The lowest BCUT2D eigenvalue weighted by molar-refractivity contribution is -0.479. The molecule has 0 aliphatic rings. The zero-order valence-corrected chi connectivity index (χ0v) is 20.5. The van der Waals surface area contributed by atoms with Gasteiger partial charge < -0.3 is 9.47 Å². The Balaban J connectivity index is 1.53. The van der Waals surface area contributed by atoms with Crippen LogP contribution in [0.2, 0.25) is 0 Å². The van der Waals surface area contributed by atoms with Crippen molar-refractivity contribution in [3.05, 3.63) is 105 Å². The van der Waals surface area contributed by atoms with Crippen LogP contribution < -0.4 is 9.47 Å². The first-order chi connectivity index (χ1) is 17.5. The van der Waals surface area contributed by atoms with Gasteiger partial charge in [0.15, 0.2) is 5.16 Å². The Morgan fingerprint density at radius 3 is 2.42 bits per heavy atom. The summed E-state index contributed by atoms with van der Waals surface area (Å²) in [6, 6.07) is 24.0. The second-order valence-electron chi connectivity index (χ2n) is 7.81. The number of thioether (sulfide) groups is 1. The van der Waals surface area contributed by atoms with Gasteiger partial charge in [-0.2, -0.15) is 5.26 Å². The molecule has 1 atom stereocenters.